The maximum atomic E-state index is 4.86. The predicted octanol–water partition coefficient (Wildman–Crippen LogP) is 4.09. The van der Waals surface area contributed by atoms with Gasteiger partial charge in [0.05, 0.1) is 11.0 Å². The fourth-order valence-electron chi connectivity index (χ4n) is 3.18. The zero-order valence-electron chi connectivity index (χ0n) is 11.8. The van der Waals surface area contributed by atoms with Gasteiger partial charge in [-0.25, -0.2) is 4.98 Å². The summed E-state index contributed by atoms with van der Waals surface area (Å²) in [6, 6.07) is 14.8. The summed E-state index contributed by atoms with van der Waals surface area (Å²) >= 11 is 3.52. The van der Waals surface area contributed by atoms with E-state index >= 15 is 0 Å². The molecule has 0 amide bonds. The van der Waals surface area contributed by atoms with Gasteiger partial charge < -0.3 is 9.88 Å². The molecule has 3 aromatic rings. The van der Waals surface area contributed by atoms with Crippen molar-refractivity contribution in [3.8, 4) is 0 Å². The summed E-state index contributed by atoms with van der Waals surface area (Å²) in [6.45, 7) is 0.940. The van der Waals surface area contributed by atoms with Crippen molar-refractivity contribution < 1.29 is 0 Å². The third-order valence-corrected chi connectivity index (χ3v) is 4.76. The second kappa shape index (κ2) is 4.88. The first-order chi connectivity index (χ1) is 10.2. The van der Waals surface area contributed by atoms with E-state index in [1.165, 1.54) is 16.8 Å². The molecule has 0 radical (unpaired) electrons. The van der Waals surface area contributed by atoms with Crippen LogP contribution >= 0.6 is 15.9 Å². The molecule has 4 heteroatoms. The van der Waals surface area contributed by atoms with E-state index in [9.17, 15) is 0 Å². The highest BCUT2D eigenvalue weighted by atomic mass is 79.9. The Morgan fingerprint density at radius 2 is 2.10 bits per heavy atom. The number of nitrogens with one attached hydrogen (secondary N) is 1. The summed E-state index contributed by atoms with van der Waals surface area (Å²) in [4.78, 5) is 4.86. The Labute approximate surface area is 132 Å². The smallest absolute Gasteiger partial charge is 0.114 e. The number of hydrogen-bond donors (Lipinski definition) is 1. The molecule has 0 spiro atoms. The maximum Gasteiger partial charge on any atom is 0.114 e. The van der Waals surface area contributed by atoms with Gasteiger partial charge in [-0.05, 0) is 36.2 Å². The number of para-hydroxylation sites is 1. The standard InChI is InChI=1S/C17H16BrN3/c1-21-16-7-6-13(18)9-15(16)20-17(21)12-8-11-4-2-3-5-14(11)19-10-12/h2-7,9,12,19H,8,10H2,1H3. The molecule has 1 aromatic heterocycles. The molecule has 0 bridgehead atoms. The number of benzene rings is 2. The van der Waals surface area contributed by atoms with Gasteiger partial charge in [0.1, 0.15) is 5.82 Å². The molecule has 1 unspecified atom stereocenters. The van der Waals surface area contributed by atoms with Gasteiger partial charge in [0.25, 0.3) is 0 Å². The van der Waals surface area contributed by atoms with Crippen molar-refractivity contribution in [3.63, 3.8) is 0 Å². The van der Waals surface area contributed by atoms with Crippen LogP contribution in [0.4, 0.5) is 5.69 Å². The van der Waals surface area contributed by atoms with E-state index in [1.807, 2.05) is 0 Å². The van der Waals surface area contributed by atoms with E-state index in [1.54, 1.807) is 0 Å². The van der Waals surface area contributed by atoms with E-state index in [0.29, 0.717) is 5.92 Å². The first-order valence-corrected chi connectivity index (χ1v) is 7.95. The van der Waals surface area contributed by atoms with Crippen LogP contribution in [-0.2, 0) is 13.5 Å². The lowest BCUT2D eigenvalue weighted by Gasteiger charge is -2.25. The average Bonchev–Trinajstić information content (AvgIpc) is 2.83. The zero-order valence-corrected chi connectivity index (χ0v) is 13.4. The van der Waals surface area contributed by atoms with Crippen LogP contribution in [0.25, 0.3) is 11.0 Å². The lowest BCUT2D eigenvalue weighted by Crippen LogP contribution is -2.23. The van der Waals surface area contributed by atoms with E-state index < -0.39 is 0 Å². The topological polar surface area (TPSA) is 29.9 Å². The number of fused-ring (bicyclic) bond motifs is 2. The highest BCUT2D eigenvalue weighted by molar-refractivity contribution is 9.10. The minimum atomic E-state index is 0.413. The Hall–Kier alpha value is -1.81. The second-order valence-corrected chi connectivity index (χ2v) is 6.52. The minimum Gasteiger partial charge on any atom is -0.384 e. The predicted molar refractivity (Wildman–Crippen MR) is 89.8 cm³/mol. The number of aromatic nitrogens is 2. The monoisotopic (exact) mass is 341 g/mol. The lowest BCUT2D eigenvalue weighted by molar-refractivity contribution is 0.624. The summed E-state index contributed by atoms with van der Waals surface area (Å²) < 4.78 is 3.30. The van der Waals surface area contributed by atoms with Crippen molar-refractivity contribution in [2.45, 2.75) is 12.3 Å². The second-order valence-electron chi connectivity index (χ2n) is 5.60. The van der Waals surface area contributed by atoms with Gasteiger partial charge in [0.15, 0.2) is 0 Å². The van der Waals surface area contributed by atoms with E-state index in [2.05, 4.69) is 75.3 Å². The Morgan fingerprint density at radius 1 is 1.24 bits per heavy atom. The van der Waals surface area contributed by atoms with Gasteiger partial charge in [-0.1, -0.05) is 34.1 Å². The van der Waals surface area contributed by atoms with Crippen molar-refractivity contribution in [2.75, 3.05) is 11.9 Å². The molecule has 2 heterocycles. The molecule has 1 atom stereocenters. The first kappa shape index (κ1) is 12.9. The van der Waals surface area contributed by atoms with Crippen molar-refractivity contribution >= 4 is 32.7 Å². The fourth-order valence-corrected chi connectivity index (χ4v) is 3.53. The van der Waals surface area contributed by atoms with Gasteiger partial charge in [-0.3, -0.25) is 0 Å². The van der Waals surface area contributed by atoms with Gasteiger partial charge in [0, 0.05) is 29.7 Å². The van der Waals surface area contributed by atoms with Crippen molar-refractivity contribution in [1.82, 2.24) is 9.55 Å². The van der Waals surface area contributed by atoms with Gasteiger partial charge >= 0.3 is 0 Å². The van der Waals surface area contributed by atoms with Crippen LogP contribution in [0.2, 0.25) is 0 Å². The quantitative estimate of drug-likeness (QED) is 0.722. The molecule has 0 saturated carbocycles. The molecule has 3 nitrogen and oxygen atoms in total. The molecule has 2 aromatic carbocycles. The number of aryl methyl sites for hydroxylation is 1. The molecule has 1 N–H and O–H groups in total. The van der Waals surface area contributed by atoms with Crippen LogP contribution in [0.5, 0.6) is 0 Å². The molecule has 0 saturated heterocycles. The van der Waals surface area contributed by atoms with E-state index in [0.717, 1.165) is 28.8 Å². The van der Waals surface area contributed by atoms with Crippen molar-refractivity contribution in [3.05, 3.63) is 58.3 Å². The van der Waals surface area contributed by atoms with Crippen LogP contribution < -0.4 is 5.32 Å². The fraction of sp³-hybridized carbons (Fsp3) is 0.235. The van der Waals surface area contributed by atoms with Gasteiger partial charge in [-0.2, -0.15) is 0 Å². The van der Waals surface area contributed by atoms with Crippen LogP contribution in [0.1, 0.15) is 17.3 Å². The zero-order chi connectivity index (χ0) is 14.4. The molecule has 4 rings (SSSR count). The summed E-state index contributed by atoms with van der Waals surface area (Å²) in [5, 5.41) is 3.53. The highest BCUT2D eigenvalue weighted by Crippen LogP contribution is 2.31. The van der Waals surface area contributed by atoms with Crippen LogP contribution in [0.15, 0.2) is 46.9 Å². The van der Waals surface area contributed by atoms with Gasteiger partial charge in [-0.15, -0.1) is 0 Å². The number of halogens is 1. The largest absolute Gasteiger partial charge is 0.384 e. The Balaban J connectivity index is 1.76. The highest BCUT2D eigenvalue weighted by Gasteiger charge is 2.23. The van der Waals surface area contributed by atoms with Crippen LogP contribution in [0.3, 0.4) is 0 Å². The Kier molecular flexibility index (Phi) is 3.00. The number of imidazole rings is 1. The molecular weight excluding hydrogens is 326 g/mol. The molecule has 106 valence electrons. The van der Waals surface area contributed by atoms with Crippen LogP contribution in [-0.4, -0.2) is 16.1 Å². The molecular formula is C17H16BrN3. The number of nitrogens with zero attached hydrogens (tertiary/aromatic N) is 2. The third kappa shape index (κ3) is 2.14. The lowest BCUT2D eigenvalue weighted by atomic mass is 9.93. The third-order valence-electron chi connectivity index (χ3n) is 4.27. The summed E-state index contributed by atoms with van der Waals surface area (Å²) in [5.41, 5.74) is 4.88. The van der Waals surface area contributed by atoms with Crippen molar-refractivity contribution in [1.29, 1.82) is 0 Å². The minimum absolute atomic E-state index is 0.413. The number of rotatable bonds is 1. The first-order valence-electron chi connectivity index (χ1n) is 7.16. The van der Waals surface area contributed by atoms with E-state index in [-0.39, 0.29) is 0 Å². The molecule has 0 aliphatic carbocycles. The summed E-state index contributed by atoms with van der Waals surface area (Å²) in [7, 11) is 2.11. The number of hydrogen-bond acceptors (Lipinski definition) is 2. The molecule has 1 aliphatic heterocycles. The summed E-state index contributed by atoms with van der Waals surface area (Å²) in [6.07, 6.45) is 1.04. The van der Waals surface area contributed by atoms with Crippen LogP contribution in [0, 0.1) is 0 Å². The van der Waals surface area contributed by atoms with E-state index in [4.69, 9.17) is 4.98 Å². The average molecular weight is 342 g/mol. The SMILES string of the molecule is Cn1c(C2CNc3ccccc3C2)nc2cc(Br)ccc21. The number of anilines is 1. The Bertz CT molecular complexity index is 822. The van der Waals surface area contributed by atoms with Crippen molar-refractivity contribution in [2.24, 2.45) is 7.05 Å². The molecule has 1 aliphatic rings. The molecule has 21 heavy (non-hydrogen) atoms. The normalized spacial score (nSPS) is 17.5. The van der Waals surface area contributed by atoms with Gasteiger partial charge in [0.2, 0.25) is 0 Å². The Morgan fingerprint density at radius 3 is 3.00 bits per heavy atom. The maximum absolute atomic E-state index is 4.86. The molecule has 0 fully saturated rings. The summed E-state index contributed by atoms with van der Waals surface area (Å²) in [5.74, 6) is 1.57.